The predicted molar refractivity (Wildman–Crippen MR) is 96.8 cm³/mol. The Kier molecular flexibility index (Phi) is 6.64. The van der Waals surface area contributed by atoms with Gasteiger partial charge >= 0.3 is 0 Å². The van der Waals surface area contributed by atoms with Crippen LogP contribution in [-0.2, 0) is 20.7 Å². The van der Waals surface area contributed by atoms with E-state index in [9.17, 15) is 4.79 Å². The summed E-state index contributed by atoms with van der Waals surface area (Å²) in [4.78, 5) is 21.2. The summed E-state index contributed by atoms with van der Waals surface area (Å²) >= 11 is 0. The lowest BCUT2D eigenvalue weighted by atomic mass is 9.97. The van der Waals surface area contributed by atoms with Crippen LogP contribution in [0.25, 0.3) is 0 Å². The Labute approximate surface area is 150 Å². The van der Waals surface area contributed by atoms with Crippen molar-refractivity contribution >= 4 is 11.7 Å². The zero-order valence-electron chi connectivity index (χ0n) is 15.2. The van der Waals surface area contributed by atoms with Gasteiger partial charge in [0.1, 0.15) is 5.82 Å². The topological polar surface area (TPSA) is 54.9 Å². The Bertz CT molecular complexity index is 553. The number of pyridine rings is 1. The maximum Gasteiger partial charge on any atom is 0.222 e. The van der Waals surface area contributed by atoms with Gasteiger partial charge < -0.3 is 19.3 Å². The number of aryl methyl sites for hydroxylation is 1. The Balaban J connectivity index is 1.47. The van der Waals surface area contributed by atoms with E-state index in [1.165, 1.54) is 5.56 Å². The fourth-order valence-corrected chi connectivity index (χ4v) is 3.58. The van der Waals surface area contributed by atoms with E-state index in [1.807, 2.05) is 17.2 Å². The van der Waals surface area contributed by atoms with Crippen molar-refractivity contribution in [3.63, 3.8) is 0 Å². The first-order valence-electron chi connectivity index (χ1n) is 9.30. The van der Waals surface area contributed by atoms with Gasteiger partial charge in [0.05, 0.1) is 13.2 Å². The number of methoxy groups -OCH3 is 1. The van der Waals surface area contributed by atoms with E-state index in [0.29, 0.717) is 12.3 Å². The lowest BCUT2D eigenvalue weighted by Crippen LogP contribution is -2.39. The monoisotopic (exact) mass is 347 g/mol. The van der Waals surface area contributed by atoms with Crippen LogP contribution < -0.4 is 4.90 Å². The molecule has 0 saturated carbocycles. The van der Waals surface area contributed by atoms with Crippen molar-refractivity contribution < 1.29 is 14.3 Å². The van der Waals surface area contributed by atoms with Gasteiger partial charge in [0.25, 0.3) is 0 Å². The van der Waals surface area contributed by atoms with Crippen LogP contribution in [0.1, 0.15) is 24.8 Å². The molecule has 2 fully saturated rings. The third-order valence-electron chi connectivity index (χ3n) is 5.14. The predicted octanol–water partition coefficient (Wildman–Crippen LogP) is 1.74. The Morgan fingerprint density at radius 2 is 2.04 bits per heavy atom. The number of rotatable bonds is 6. The summed E-state index contributed by atoms with van der Waals surface area (Å²) in [5, 5.41) is 0. The average molecular weight is 347 g/mol. The molecule has 0 unspecified atom stereocenters. The molecule has 25 heavy (non-hydrogen) atoms. The molecule has 0 aromatic carbocycles. The zero-order chi connectivity index (χ0) is 17.5. The van der Waals surface area contributed by atoms with Gasteiger partial charge in [-0.15, -0.1) is 0 Å². The average Bonchev–Trinajstić information content (AvgIpc) is 2.68. The van der Waals surface area contributed by atoms with E-state index >= 15 is 0 Å². The molecule has 138 valence electrons. The molecule has 1 aromatic heterocycles. The molecule has 0 N–H and O–H groups in total. The van der Waals surface area contributed by atoms with E-state index in [2.05, 4.69) is 16.0 Å². The molecule has 0 bridgehead atoms. The van der Waals surface area contributed by atoms with Gasteiger partial charge in [-0.1, -0.05) is 0 Å². The minimum absolute atomic E-state index is 0.264. The first kappa shape index (κ1) is 18.1. The summed E-state index contributed by atoms with van der Waals surface area (Å²) in [7, 11) is 1.75. The van der Waals surface area contributed by atoms with Crippen molar-refractivity contribution in [2.45, 2.75) is 25.7 Å². The fourth-order valence-electron chi connectivity index (χ4n) is 3.58. The molecule has 2 saturated heterocycles. The van der Waals surface area contributed by atoms with Crippen LogP contribution in [0.3, 0.4) is 0 Å². The van der Waals surface area contributed by atoms with Crippen LogP contribution in [0.15, 0.2) is 18.3 Å². The molecule has 0 radical (unpaired) electrons. The number of hydrogen-bond acceptors (Lipinski definition) is 5. The second-order valence-corrected chi connectivity index (χ2v) is 6.90. The van der Waals surface area contributed by atoms with Crippen molar-refractivity contribution in [1.29, 1.82) is 0 Å². The van der Waals surface area contributed by atoms with Crippen molar-refractivity contribution in [2.24, 2.45) is 5.92 Å². The van der Waals surface area contributed by atoms with Gasteiger partial charge in [-0.05, 0) is 42.9 Å². The van der Waals surface area contributed by atoms with Gasteiger partial charge in [-0.25, -0.2) is 4.98 Å². The summed E-state index contributed by atoms with van der Waals surface area (Å²) in [5.41, 5.74) is 1.18. The molecule has 2 aliphatic rings. The van der Waals surface area contributed by atoms with Crippen molar-refractivity contribution in [3.05, 3.63) is 23.9 Å². The summed E-state index contributed by atoms with van der Waals surface area (Å²) in [6.07, 6.45) is 5.30. The highest BCUT2D eigenvalue weighted by Crippen LogP contribution is 2.19. The molecule has 6 heteroatoms. The van der Waals surface area contributed by atoms with Crippen molar-refractivity contribution in [3.8, 4) is 0 Å². The van der Waals surface area contributed by atoms with E-state index < -0.39 is 0 Å². The molecule has 1 aromatic rings. The molecule has 2 aliphatic heterocycles. The molecule has 3 heterocycles. The lowest BCUT2D eigenvalue weighted by molar-refractivity contribution is -0.132. The summed E-state index contributed by atoms with van der Waals surface area (Å²) in [5.74, 6) is 1.86. The smallest absolute Gasteiger partial charge is 0.222 e. The molecule has 0 aliphatic carbocycles. The Hall–Kier alpha value is -1.66. The van der Waals surface area contributed by atoms with Crippen molar-refractivity contribution in [1.82, 2.24) is 9.88 Å². The fraction of sp³-hybridized carbons (Fsp3) is 0.684. The number of aromatic nitrogens is 1. The van der Waals surface area contributed by atoms with Gasteiger partial charge in [-0.2, -0.15) is 0 Å². The highest BCUT2D eigenvalue weighted by Gasteiger charge is 2.22. The zero-order valence-corrected chi connectivity index (χ0v) is 15.2. The number of morpholine rings is 1. The van der Waals surface area contributed by atoms with Gasteiger partial charge in [0, 0.05) is 52.5 Å². The molecule has 0 spiro atoms. The first-order valence-corrected chi connectivity index (χ1v) is 9.30. The number of anilines is 1. The number of carbonyl (C=O) groups excluding carboxylic acids is 1. The van der Waals surface area contributed by atoms with Crippen LogP contribution in [0.5, 0.6) is 0 Å². The molecular weight excluding hydrogens is 318 g/mol. The minimum atomic E-state index is 0.264. The van der Waals surface area contributed by atoms with Gasteiger partial charge in [0.2, 0.25) is 5.91 Å². The second-order valence-electron chi connectivity index (χ2n) is 6.90. The second kappa shape index (κ2) is 9.15. The molecular formula is C19H29N3O3. The minimum Gasteiger partial charge on any atom is -0.384 e. The van der Waals surface area contributed by atoms with Crippen LogP contribution in [0.4, 0.5) is 5.82 Å². The third kappa shape index (κ3) is 5.16. The standard InChI is InChI=1S/C19H29N3O3/c1-24-15-17-5-8-22(9-6-17)19(23)3-2-16-4-7-20-18(14-16)21-10-12-25-13-11-21/h4,7,14,17H,2-3,5-6,8-13,15H2,1H3. The van der Waals surface area contributed by atoms with Crippen LogP contribution >= 0.6 is 0 Å². The lowest BCUT2D eigenvalue weighted by Gasteiger charge is -2.31. The molecule has 3 rings (SSSR count). The number of likely N-dealkylation sites (tertiary alicyclic amines) is 1. The summed E-state index contributed by atoms with van der Waals surface area (Å²) < 4.78 is 10.6. The Morgan fingerprint density at radius 1 is 1.28 bits per heavy atom. The number of piperidine rings is 1. The normalized spacial score (nSPS) is 19.2. The van der Waals surface area contributed by atoms with Crippen LogP contribution in [-0.4, -0.2) is 68.9 Å². The third-order valence-corrected chi connectivity index (χ3v) is 5.14. The molecule has 0 atom stereocenters. The quantitative estimate of drug-likeness (QED) is 0.784. The van der Waals surface area contributed by atoms with Gasteiger partial charge in [0.15, 0.2) is 0 Å². The molecule has 1 amide bonds. The largest absolute Gasteiger partial charge is 0.384 e. The number of hydrogen-bond donors (Lipinski definition) is 0. The maximum absolute atomic E-state index is 12.5. The van der Waals surface area contributed by atoms with Gasteiger partial charge in [-0.3, -0.25) is 4.79 Å². The number of amides is 1. The summed E-state index contributed by atoms with van der Waals surface area (Å²) in [6, 6.07) is 4.13. The summed E-state index contributed by atoms with van der Waals surface area (Å²) in [6.45, 7) is 5.80. The first-order chi connectivity index (χ1) is 12.3. The van der Waals surface area contributed by atoms with Crippen molar-refractivity contribution in [2.75, 3.05) is 58.0 Å². The Morgan fingerprint density at radius 3 is 2.76 bits per heavy atom. The number of nitrogens with zero attached hydrogens (tertiary/aromatic N) is 3. The molecule has 6 nitrogen and oxygen atoms in total. The SMILES string of the molecule is COCC1CCN(C(=O)CCc2ccnc(N3CCOCC3)c2)CC1. The van der Waals surface area contributed by atoms with E-state index in [0.717, 1.165) is 71.1 Å². The van der Waals surface area contributed by atoms with E-state index in [4.69, 9.17) is 9.47 Å². The maximum atomic E-state index is 12.5. The highest BCUT2D eigenvalue weighted by atomic mass is 16.5. The van der Waals surface area contributed by atoms with Crippen LogP contribution in [0.2, 0.25) is 0 Å². The van der Waals surface area contributed by atoms with E-state index in [-0.39, 0.29) is 5.91 Å². The highest BCUT2D eigenvalue weighted by molar-refractivity contribution is 5.76. The van der Waals surface area contributed by atoms with Crippen LogP contribution in [0, 0.1) is 5.92 Å². The van der Waals surface area contributed by atoms with E-state index in [1.54, 1.807) is 7.11 Å². The number of ether oxygens (including phenoxy) is 2. The number of carbonyl (C=O) groups is 1.